The van der Waals surface area contributed by atoms with E-state index in [0.29, 0.717) is 12.5 Å². The first kappa shape index (κ1) is 16.9. The van der Waals surface area contributed by atoms with Crippen LogP contribution in [0.2, 0.25) is 0 Å². The molecule has 0 fully saturated rings. The molecule has 2 N–H and O–H groups in total. The molecule has 0 bridgehead atoms. The van der Waals surface area contributed by atoms with Crippen molar-refractivity contribution >= 4 is 9.84 Å². The van der Waals surface area contributed by atoms with Crippen LogP contribution in [0, 0.1) is 5.92 Å². The van der Waals surface area contributed by atoms with Gasteiger partial charge in [0, 0.05) is 25.4 Å². The Kier molecular flexibility index (Phi) is 8.00. The number of hydrogen-bond donors (Lipinski definition) is 1. The predicted molar refractivity (Wildman–Crippen MR) is 73.9 cm³/mol. The van der Waals surface area contributed by atoms with Crippen LogP contribution in [0.25, 0.3) is 0 Å². The van der Waals surface area contributed by atoms with E-state index >= 15 is 0 Å². The molecule has 104 valence electrons. The van der Waals surface area contributed by atoms with Crippen molar-refractivity contribution in [2.75, 3.05) is 32.1 Å². The van der Waals surface area contributed by atoms with Crippen molar-refractivity contribution in [2.45, 2.75) is 39.2 Å². The van der Waals surface area contributed by atoms with Gasteiger partial charge in [-0.05, 0) is 32.7 Å². The van der Waals surface area contributed by atoms with Crippen molar-refractivity contribution in [1.82, 2.24) is 4.90 Å². The number of nitrogens with zero attached hydrogens (tertiary/aromatic N) is 1. The second-order valence-corrected chi connectivity index (χ2v) is 7.67. The van der Waals surface area contributed by atoms with E-state index < -0.39 is 9.84 Å². The molecule has 0 radical (unpaired) electrons. The third kappa shape index (κ3) is 12.1. The highest BCUT2D eigenvalue weighted by molar-refractivity contribution is 7.90. The van der Waals surface area contributed by atoms with E-state index in [-0.39, 0.29) is 11.8 Å². The molecule has 0 aromatic carbocycles. The fraction of sp³-hybridized carbons (Fsp3) is 1.00. The van der Waals surface area contributed by atoms with Crippen LogP contribution in [0.3, 0.4) is 0 Å². The van der Waals surface area contributed by atoms with E-state index in [1.165, 1.54) is 6.26 Å². The van der Waals surface area contributed by atoms with Crippen LogP contribution >= 0.6 is 0 Å². The number of hydrogen-bond acceptors (Lipinski definition) is 4. The highest BCUT2D eigenvalue weighted by Gasteiger charge is 2.09. The Balaban J connectivity index is 3.69. The second kappa shape index (κ2) is 8.06. The first-order valence-electron chi connectivity index (χ1n) is 6.32. The summed E-state index contributed by atoms with van der Waals surface area (Å²) >= 11 is 0. The number of sulfone groups is 1. The molecule has 0 saturated carbocycles. The summed E-state index contributed by atoms with van der Waals surface area (Å²) in [5.41, 5.74) is 5.70. The van der Waals surface area contributed by atoms with E-state index in [1.807, 2.05) is 14.0 Å². The molecule has 2 unspecified atom stereocenters. The Bertz CT molecular complexity index is 289. The third-order valence-corrected chi connectivity index (χ3v) is 3.75. The molecule has 0 amide bonds. The summed E-state index contributed by atoms with van der Waals surface area (Å²) in [6, 6.07) is 0.283. The van der Waals surface area contributed by atoms with Crippen molar-refractivity contribution < 1.29 is 8.42 Å². The molecule has 5 heteroatoms. The lowest BCUT2D eigenvalue weighted by molar-refractivity contribution is 0.286. The van der Waals surface area contributed by atoms with Crippen LogP contribution < -0.4 is 5.73 Å². The molecule has 0 aromatic heterocycles. The van der Waals surface area contributed by atoms with Gasteiger partial charge >= 0.3 is 0 Å². The summed E-state index contributed by atoms with van der Waals surface area (Å²) in [6.07, 6.45) is 4.66. The van der Waals surface area contributed by atoms with E-state index in [2.05, 4.69) is 11.8 Å². The fourth-order valence-corrected chi connectivity index (χ4v) is 2.47. The van der Waals surface area contributed by atoms with Gasteiger partial charge in [0.1, 0.15) is 9.84 Å². The van der Waals surface area contributed by atoms with Gasteiger partial charge in [0.2, 0.25) is 0 Å². The minimum Gasteiger partial charge on any atom is -0.328 e. The first-order valence-corrected chi connectivity index (χ1v) is 8.38. The minimum atomic E-state index is -2.84. The van der Waals surface area contributed by atoms with Crippen molar-refractivity contribution in [1.29, 1.82) is 0 Å². The number of rotatable bonds is 9. The van der Waals surface area contributed by atoms with E-state index in [4.69, 9.17) is 5.73 Å². The van der Waals surface area contributed by atoms with Gasteiger partial charge in [-0.2, -0.15) is 0 Å². The molecule has 0 heterocycles. The van der Waals surface area contributed by atoms with Gasteiger partial charge < -0.3 is 10.6 Å². The first-order chi connectivity index (χ1) is 7.70. The molecule has 2 atom stereocenters. The molecule has 0 saturated heterocycles. The zero-order valence-corrected chi connectivity index (χ0v) is 12.5. The van der Waals surface area contributed by atoms with Crippen LogP contribution in [0.1, 0.15) is 33.1 Å². The van der Waals surface area contributed by atoms with E-state index in [9.17, 15) is 8.42 Å². The fourth-order valence-electron chi connectivity index (χ4n) is 1.82. The zero-order chi connectivity index (χ0) is 13.5. The van der Waals surface area contributed by atoms with Crippen molar-refractivity contribution in [3.8, 4) is 0 Å². The molecule has 4 nitrogen and oxygen atoms in total. The second-order valence-electron chi connectivity index (χ2n) is 5.41. The maximum absolute atomic E-state index is 11.0. The lowest BCUT2D eigenvalue weighted by atomic mass is 10.0. The average molecular weight is 264 g/mol. The van der Waals surface area contributed by atoms with Gasteiger partial charge in [-0.1, -0.05) is 13.3 Å². The summed E-state index contributed by atoms with van der Waals surface area (Å²) < 4.78 is 22.1. The highest BCUT2D eigenvalue weighted by atomic mass is 32.2. The van der Waals surface area contributed by atoms with Crippen LogP contribution in [-0.2, 0) is 9.84 Å². The molecule has 0 aliphatic carbocycles. The smallest absolute Gasteiger partial charge is 0.148 e. The summed E-state index contributed by atoms with van der Waals surface area (Å²) in [5.74, 6) is 0.842. The Morgan fingerprint density at radius 1 is 1.24 bits per heavy atom. The molecular formula is C12H28N2O2S. The SMILES string of the molecule is CC(N)CCCC(C)CN(C)CCS(C)(=O)=O. The molecule has 17 heavy (non-hydrogen) atoms. The summed E-state index contributed by atoms with van der Waals surface area (Å²) in [4.78, 5) is 2.09. The van der Waals surface area contributed by atoms with Crippen molar-refractivity contribution in [3.05, 3.63) is 0 Å². The summed E-state index contributed by atoms with van der Waals surface area (Å²) in [6.45, 7) is 5.81. The Morgan fingerprint density at radius 2 is 1.82 bits per heavy atom. The quantitative estimate of drug-likeness (QED) is 0.678. The topological polar surface area (TPSA) is 63.4 Å². The van der Waals surface area contributed by atoms with Crippen LogP contribution in [-0.4, -0.2) is 51.5 Å². The van der Waals surface area contributed by atoms with Crippen molar-refractivity contribution in [3.63, 3.8) is 0 Å². The molecule has 0 rings (SSSR count). The number of nitrogens with two attached hydrogens (primary N) is 1. The Morgan fingerprint density at radius 3 is 2.29 bits per heavy atom. The highest BCUT2D eigenvalue weighted by Crippen LogP contribution is 2.10. The molecular weight excluding hydrogens is 236 g/mol. The summed E-state index contributed by atoms with van der Waals surface area (Å²) in [5, 5.41) is 0. The minimum absolute atomic E-state index is 0.246. The maximum atomic E-state index is 11.0. The van der Waals surface area contributed by atoms with Gasteiger partial charge in [-0.15, -0.1) is 0 Å². The van der Waals surface area contributed by atoms with Gasteiger partial charge in [0.25, 0.3) is 0 Å². The van der Waals surface area contributed by atoms with Gasteiger partial charge in [-0.3, -0.25) is 0 Å². The van der Waals surface area contributed by atoms with Gasteiger partial charge in [0.05, 0.1) is 5.75 Å². The van der Waals surface area contributed by atoms with E-state index in [1.54, 1.807) is 0 Å². The Labute approximate surface area is 106 Å². The van der Waals surface area contributed by atoms with Crippen molar-refractivity contribution in [2.24, 2.45) is 11.7 Å². The molecule has 0 spiro atoms. The molecule has 0 aliphatic heterocycles. The molecule has 0 aliphatic rings. The van der Waals surface area contributed by atoms with Gasteiger partial charge in [0.15, 0.2) is 0 Å². The van der Waals surface area contributed by atoms with Crippen LogP contribution in [0.4, 0.5) is 0 Å². The Hall–Kier alpha value is -0.130. The largest absolute Gasteiger partial charge is 0.328 e. The third-order valence-electron chi connectivity index (χ3n) is 2.82. The van der Waals surface area contributed by atoms with Crippen LogP contribution in [0.5, 0.6) is 0 Å². The van der Waals surface area contributed by atoms with Gasteiger partial charge in [-0.25, -0.2) is 8.42 Å². The normalized spacial score (nSPS) is 16.1. The standard InChI is InChI=1S/C12H28N2O2S/c1-11(6-5-7-12(2)13)10-14(3)8-9-17(4,15)16/h11-12H,5-10,13H2,1-4H3. The predicted octanol–water partition coefficient (Wildman–Crippen LogP) is 1.12. The monoisotopic (exact) mass is 264 g/mol. The lowest BCUT2D eigenvalue weighted by Gasteiger charge is -2.21. The maximum Gasteiger partial charge on any atom is 0.148 e. The van der Waals surface area contributed by atoms with E-state index in [0.717, 1.165) is 25.8 Å². The zero-order valence-electron chi connectivity index (χ0n) is 11.6. The van der Waals surface area contributed by atoms with Crippen LogP contribution in [0.15, 0.2) is 0 Å². The summed E-state index contributed by atoms with van der Waals surface area (Å²) in [7, 11) is -0.862. The lowest BCUT2D eigenvalue weighted by Crippen LogP contribution is -2.29. The molecule has 0 aromatic rings. The average Bonchev–Trinajstić information content (AvgIpc) is 2.13.